The van der Waals surface area contributed by atoms with Crippen LogP contribution in [-0.4, -0.2) is 24.3 Å². The molecule has 2 saturated heterocycles. The third-order valence-electron chi connectivity index (χ3n) is 4.42. The second-order valence-corrected chi connectivity index (χ2v) is 8.65. The molecule has 0 spiro atoms. The second kappa shape index (κ2) is 8.54. The second-order valence-electron chi connectivity index (χ2n) is 6.07. The highest BCUT2D eigenvalue weighted by molar-refractivity contribution is 7.59. The Balaban J connectivity index is 1.30. The van der Waals surface area contributed by atoms with Gasteiger partial charge < -0.3 is 4.74 Å². The Morgan fingerprint density at radius 1 is 0.889 bits per heavy atom. The standard InChI is InChI=1S/C16H31OP/c1-2-3-4-5-6-7-8-9-10-11-13-18-14-12-15-16(18)17-15/h15-16H,2-14H2,1H3. The van der Waals surface area contributed by atoms with E-state index in [0.717, 1.165) is 11.9 Å². The van der Waals surface area contributed by atoms with Crippen molar-refractivity contribution >= 4 is 7.92 Å². The molecule has 2 heteroatoms. The zero-order chi connectivity index (χ0) is 12.6. The number of ether oxygens (including phenoxy) is 1. The summed E-state index contributed by atoms with van der Waals surface area (Å²) in [5.74, 6) is 0.763. The van der Waals surface area contributed by atoms with E-state index in [0.29, 0.717) is 7.92 Å². The van der Waals surface area contributed by atoms with Gasteiger partial charge in [-0.25, -0.2) is 0 Å². The summed E-state index contributed by atoms with van der Waals surface area (Å²) >= 11 is 0. The van der Waals surface area contributed by atoms with Crippen LogP contribution in [0.4, 0.5) is 0 Å². The first kappa shape index (κ1) is 14.8. The lowest BCUT2D eigenvalue weighted by molar-refractivity contribution is 0.386. The molecule has 0 aromatic carbocycles. The maximum Gasteiger partial charge on any atom is 0.103 e. The Hall–Kier alpha value is 0.390. The minimum absolute atomic E-state index is 0.311. The van der Waals surface area contributed by atoms with Gasteiger partial charge >= 0.3 is 0 Å². The van der Waals surface area contributed by atoms with Crippen molar-refractivity contribution in [2.24, 2.45) is 0 Å². The summed E-state index contributed by atoms with van der Waals surface area (Å²) in [6.45, 7) is 2.29. The minimum Gasteiger partial charge on any atom is -0.365 e. The van der Waals surface area contributed by atoms with Gasteiger partial charge in [0.1, 0.15) is 5.85 Å². The minimum atomic E-state index is 0.311. The van der Waals surface area contributed by atoms with Crippen molar-refractivity contribution in [1.82, 2.24) is 0 Å². The largest absolute Gasteiger partial charge is 0.365 e. The van der Waals surface area contributed by atoms with Gasteiger partial charge in [-0.15, -0.1) is 0 Å². The lowest BCUT2D eigenvalue weighted by Crippen LogP contribution is -1.91. The fourth-order valence-corrected chi connectivity index (χ4v) is 6.02. The Labute approximate surface area is 115 Å². The van der Waals surface area contributed by atoms with E-state index in [1.165, 1.54) is 83.0 Å². The first-order chi connectivity index (χ1) is 8.92. The van der Waals surface area contributed by atoms with Crippen LogP contribution in [0.2, 0.25) is 0 Å². The zero-order valence-corrected chi connectivity index (χ0v) is 13.1. The molecular formula is C16H31OP. The summed E-state index contributed by atoms with van der Waals surface area (Å²) < 4.78 is 5.64. The molecule has 2 heterocycles. The van der Waals surface area contributed by atoms with Gasteiger partial charge in [-0.1, -0.05) is 72.6 Å². The summed E-state index contributed by atoms with van der Waals surface area (Å²) in [4.78, 5) is 0. The van der Waals surface area contributed by atoms with Gasteiger partial charge in [-0.2, -0.15) is 0 Å². The first-order valence-corrected chi connectivity index (χ1v) is 10.1. The number of epoxide rings is 1. The van der Waals surface area contributed by atoms with Crippen molar-refractivity contribution in [3.8, 4) is 0 Å². The Kier molecular flexibility index (Phi) is 7.02. The lowest BCUT2D eigenvalue weighted by atomic mass is 10.1. The molecule has 2 rings (SSSR count). The Morgan fingerprint density at radius 2 is 1.50 bits per heavy atom. The first-order valence-electron chi connectivity index (χ1n) is 8.31. The molecule has 2 fully saturated rings. The third kappa shape index (κ3) is 5.17. The molecule has 2 aliphatic rings. The van der Waals surface area contributed by atoms with E-state index in [-0.39, 0.29) is 0 Å². The average Bonchev–Trinajstić information content (AvgIpc) is 3.06. The molecule has 106 valence electrons. The number of unbranched alkanes of at least 4 members (excludes halogenated alkanes) is 9. The molecular weight excluding hydrogens is 239 g/mol. The van der Waals surface area contributed by atoms with Gasteiger partial charge in [-0.3, -0.25) is 0 Å². The molecule has 3 atom stereocenters. The summed E-state index contributed by atoms with van der Waals surface area (Å²) in [6, 6.07) is 0. The summed E-state index contributed by atoms with van der Waals surface area (Å²) in [5, 5.41) is 0. The number of hydrogen-bond donors (Lipinski definition) is 0. The van der Waals surface area contributed by atoms with Crippen molar-refractivity contribution in [2.75, 3.05) is 12.3 Å². The summed E-state index contributed by atoms with van der Waals surface area (Å²) in [7, 11) is 0.311. The van der Waals surface area contributed by atoms with E-state index in [1.807, 2.05) is 0 Å². The van der Waals surface area contributed by atoms with Crippen LogP contribution in [0.5, 0.6) is 0 Å². The van der Waals surface area contributed by atoms with Crippen LogP contribution >= 0.6 is 7.92 Å². The van der Waals surface area contributed by atoms with Gasteiger partial charge in [0.05, 0.1) is 6.10 Å². The highest BCUT2D eigenvalue weighted by atomic mass is 31.1. The quantitative estimate of drug-likeness (QED) is 0.274. The maximum absolute atomic E-state index is 5.64. The number of hydrogen-bond acceptors (Lipinski definition) is 1. The maximum atomic E-state index is 5.64. The Morgan fingerprint density at radius 3 is 2.00 bits per heavy atom. The molecule has 0 N–H and O–H groups in total. The number of fused-ring (bicyclic) bond motifs is 1. The predicted octanol–water partition coefficient (Wildman–Crippen LogP) is 5.52. The van der Waals surface area contributed by atoms with Gasteiger partial charge in [-0.05, 0) is 25.2 Å². The molecule has 0 amide bonds. The van der Waals surface area contributed by atoms with Crippen LogP contribution in [0.1, 0.15) is 77.6 Å². The van der Waals surface area contributed by atoms with Crippen molar-refractivity contribution in [3.05, 3.63) is 0 Å². The van der Waals surface area contributed by atoms with Crippen LogP contribution in [0.25, 0.3) is 0 Å². The molecule has 0 radical (unpaired) electrons. The van der Waals surface area contributed by atoms with Gasteiger partial charge in [0, 0.05) is 0 Å². The fraction of sp³-hybridized carbons (Fsp3) is 1.00. The highest BCUT2D eigenvalue weighted by Crippen LogP contribution is 2.60. The normalized spacial score (nSPS) is 29.5. The third-order valence-corrected chi connectivity index (χ3v) is 7.31. The Bertz CT molecular complexity index is 219. The predicted molar refractivity (Wildman–Crippen MR) is 81.8 cm³/mol. The van der Waals surface area contributed by atoms with Crippen LogP contribution in [0, 0.1) is 0 Å². The summed E-state index contributed by atoms with van der Waals surface area (Å²) in [6.07, 6.45) is 19.7. The smallest absolute Gasteiger partial charge is 0.103 e. The number of rotatable bonds is 11. The van der Waals surface area contributed by atoms with Crippen molar-refractivity contribution < 1.29 is 4.74 Å². The van der Waals surface area contributed by atoms with E-state index in [2.05, 4.69) is 6.92 Å². The monoisotopic (exact) mass is 270 g/mol. The van der Waals surface area contributed by atoms with E-state index in [4.69, 9.17) is 4.74 Å². The molecule has 3 unspecified atom stereocenters. The van der Waals surface area contributed by atoms with Crippen molar-refractivity contribution in [3.63, 3.8) is 0 Å². The average molecular weight is 270 g/mol. The molecule has 0 bridgehead atoms. The van der Waals surface area contributed by atoms with E-state index in [1.54, 1.807) is 0 Å². The van der Waals surface area contributed by atoms with E-state index < -0.39 is 0 Å². The highest BCUT2D eigenvalue weighted by Gasteiger charge is 2.49. The topological polar surface area (TPSA) is 12.5 Å². The lowest BCUT2D eigenvalue weighted by Gasteiger charge is -2.10. The fourth-order valence-electron chi connectivity index (χ4n) is 3.13. The molecule has 18 heavy (non-hydrogen) atoms. The van der Waals surface area contributed by atoms with Crippen molar-refractivity contribution in [2.45, 2.75) is 89.5 Å². The molecule has 0 aliphatic carbocycles. The molecule has 2 aliphatic heterocycles. The molecule has 1 nitrogen and oxygen atoms in total. The van der Waals surface area contributed by atoms with E-state index in [9.17, 15) is 0 Å². The van der Waals surface area contributed by atoms with E-state index >= 15 is 0 Å². The van der Waals surface area contributed by atoms with Gasteiger partial charge in [0.25, 0.3) is 0 Å². The van der Waals surface area contributed by atoms with Crippen molar-refractivity contribution in [1.29, 1.82) is 0 Å². The van der Waals surface area contributed by atoms with Gasteiger partial charge in [0.2, 0.25) is 0 Å². The van der Waals surface area contributed by atoms with Crippen LogP contribution in [-0.2, 0) is 4.74 Å². The molecule has 0 aromatic rings. The SMILES string of the molecule is CCCCCCCCCCCCP1CCC2OC21. The molecule has 0 aromatic heterocycles. The van der Waals surface area contributed by atoms with Crippen LogP contribution in [0.3, 0.4) is 0 Å². The van der Waals surface area contributed by atoms with Crippen LogP contribution in [0.15, 0.2) is 0 Å². The van der Waals surface area contributed by atoms with Gasteiger partial charge in [0.15, 0.2) is 0 Å². The molecule has 0 saturated carbocycles. The van der Waals surface area contributed by atoms with Crippen LogP contribution < -0.4 is 0 Å². The summed E-state index contributed by atoms with van der Waals surface area (Å²) in [5.41, 5.74) is 0. The zero-order valence-electron chi connectivity index (χ0n) is 12.2.